The van der Waals surface area contributed by atoms with Gasteiger partial charge in [0.15, 0.2) is 0 Å². The zero-order valence-corrected chi connectivity index (χ0v) is 16.3. The predicted molar refractivity (Wildman–Crippen MR) is 100 cm³/mol. The Labute approximate surface area is 171 Å². The molecular formula is C18H12F3N5O3S. The van der Waals surface area contributed by atoms with E-state index in [0.717, 1.165) is 23.5 Å². The van der Waals surface area contributed by atoms with Gasteiger partial charge in [0.25, 0.3) is 11.1 Å². The summed E-state index contributed by atoms with van der Waals surface area (Å²) in [4.78, 5) is 16.8. The molecule has 1 amide bonds. The molecule has 2 aromatic heterocycles. The van der Waals surface area contributed by atoms with Gasteiger partial charge in [-0.05, 0) is 53.7 Å². The molecule has 30 heavy (non-hydrogen) atoms. The Morgan fingerprint density at radius 1 is 1.23 bits per heavy atom. The van der Waals surface area contributed by atoms with Crippen LogP contribution in [0.4, 0.5) is 18.3 Å². The summed E-state index contributed by atoms with van der Waals surface area (Å²) < 4.78 is 46.8. The van der Waals surface area contributed by atoms with Gasteiger partial charge in [-0.25, -0.2) is 0 Å². The number of halogens is 3. The van der Waals surface area contributed by atoms with Gasteiger partial charge >= 0.3 is 6.36 Å². The SMILES string of the molecule is COc1nnc(NC(=O)c2cnc(C)cc2-c2cc(C#N)cc(OC(F)(F)F)c2)s1. The molecule has 1 aromatic carbocycles. The molecule has 0 aliphatic rings. The molecule has 0 fully saturated rings. The highest BCUT2D eigenvalue weighted by atomic mass is 32.1. The predicted octanol–water partition coefficient (Wildman–Crippen LogP) is 3.94. The van der Waals surface area contributed by atoms with Gasteiger partial charge in [-0.2, -0.15) is 5.26 Å². The first-order valence-corrected chi connectivity index (χ1v) is 8.97. The van der Waals surface area contributed by atoms with Gasteiger partial charge in [0.1, 0.15) is 5.75 Å². The Bertz CT molecular complexity index is 1140. The molecule has 0 aliphatic carbocycles. The van der Waals surface area contributed by atoms with Crippen LogP contribution in [0.25, 0.3) is 11.1 Å². The number of methoxy groups -OCH3 is 1. The van der Waals surface area contributed by atoms with Crippen LogP contribution in [0.1, 0.15) is 21.6 Å². The van der Waals surface area contributed by atoms with Crippen molar-refractivity contribution in [3.8, 4) is 28.1 Å². The van der Waals surface area contributed by atoms with Crippen LogP contribution in [0, 0.1) is 18.3 Å². The minimum atomic E-state index is -4.93. The Morgan fingerprint density at radius 3 is 2.63 bits per heavy atom. The van der Waals surface area contributed by atoms with Crippen LogP contribution in [0.2, 0.25) is 0 Å². The molecule has 0 aliphatic heterocycles. The van der Waals surface area contributed by atoms with Crippen molar-refractivity contribution < 1.29 is 27.4 Å². The molecule has 3 aromatic rings. The highest BCUT2D eigenvalue weighted by Crippen LogP contribution is 2.32. The molecule has 1 N–H and O–H groups in total. The lowest BCUT2D eigenvalue weighted by Gasteiger charge is -2.13. The third kappa shape index (κ3) is 5.00. The first-order chi connectivity index (χ1) is 14.2. The van der Waals surface area contributed by atoms with Gasteiger partial charge in [-0.3, -0.25) is 15.1 Å². The second-order valence-electron chi connectivity index (χ2n) is 5.81. The summed E-state index contributed by atoms with van der Waals surface area (Å²) in [5, 5.41) is 19.6. The van der Waals surface area contributed by atoms with Crippen LogP contribution < -0.4 is 14.8 Å². The number of pyridine rings is 1. The molecule has 0 saturated carbocycles. The summed E-state index contributed by atoms with van der Waals surface area (Å²) in [5.41, 5.74) is 0.948. The Hall–Kier alpha value is -3.72. The number of ether oxygens (including phenoxy) is 2. The monoisotopic (exact) mass is 435 g/mol. The molecule has 0 spiro atoms. The van der Waals surface area contributed by atoms with E-state index in [1.807, 2.05) is 0 Å². The lowest BCUT2D eigenvalue weighted by molar-refractivity contribution is -0.274. The summed E-state index contributed by atoms with van der Waals surface area (Å²) in [6, 6.07) is 6.70. The lowest BCUT2D eigenvalue weighted by Crippen LogP contribution is -2.17. The highest BCUT2D eigenvalue weighted by Gasteiger charge is 2.31. The fourth-order valence-corrected chi connectivity index (χ4v) is 3.05. The van der Waals surface area contributed by atoms with E-state index >= 15 is 0 Å². The molecule has 0 saturated heterocycles. The van der Waals surface area contributed by atoms with Crippen LogP contribution in [0.15, 0.2) is 30.5 Å². The third-order valence-corrected chi connectivity index (χ3v) is 4.47. The number of carbonyl (C=O) groups is 1. The zero-order chi connectivity index (χ0) is 21.9. The smallest absolute Gasteiger partial charge is 0.472 e. The highest BCUT2D eigenvalue weighted by molar-refractivity contribution is 7.17. The number of aromatic nitrogens is 3. The quantitative estimate of drug-likeness (QED) is 0.646. The molecule has 0 atom stereocenters. The van der Waals surface area contributed by atoms with Crippen molar-refractivity contribution in [2.75, 3.05) is 12.4 Å². The van der Waals surface area contributed by atoms with E-state index in [4.69, 9.17) is 4.74 Å². The average molecular weight is 435 g/mol. The minimum absolute atomic E-state index is 0.0582. The normalized spacial score (nSPS) is 10.9. The maximum Gasteiger partial charge on any atom is 0.573 e. The first kappa shape index (κ1) is 21.0. The van der Waals surface area contributed by atoms with Crippen molar-refractivity contribution in [2.45, 2.75) is 13.3 Å². The summed E-state index contributed by atoms with van der Waals surface area (Å²) >= 11 is 0.991. The van der Waals surface area contributed by atoms with Crippen molar-refractivity contribution in [2.24, 2.45) is 0 Å². The molecular weight excluding hydrogens is 423 g/mol. The summed E-state index contributed by atoms with van der Waals surface area (Å²) in [6.45, 7) is 1.65. The second-order valence-corrected chi connectivity index (χ2v) is 6.75. The fourth-order valence-electron chi connectivity index (χ4n) is 2.50. The van der Waals surface area contributed by atoms with Crippen LogP contribution in [0.3, 0.4) is 0 Å². The molecule has 0 unspecified atom stereocenters. The second kappa shape index (κ2) is 8.34. The number of aryl methyl sites for hydroxylation is 1. The van der Waals surface area contributed by atoms with E-state index in [1.54, 1.807) is 13.0 Å². The van der Waals surface area contributed by atoms with Crippen LogP contribution >= 0.6 is 11.3 Å². The number of amides is 1. The van der Waals surface area contributed by atoms with E-state index < -0.39 is 18.0 Å². The van der Waals surface area contributed by atoms with E-state index in [-0.39, 0.29) is 32.6 Å². The number of alkyl halides is 3. The average Bonchev–Trinajstić information content (AvgIpc) is 3.13. The zero-order valence-electron chi connectivity index (χ0n) is 15.4. The Kier molecular flexibility index (Phi) is 5.84. The van der Waals surface area contributed by atoms with Crippen molar-refractivity contribution in [3.63, 3.8) is 0 Å². The number of anilines is 1. The van der Waals surface area contributed by atoms with Crippen LogP contribution in [-0.4, -0.2) is 34.6 Å². The van der Waals surface area contributed by atoms with Crippen molar-refractivity contribution in [1.82, 2.24) is 15.2 Å². The van der Waals surface area contributed by atoms with E-state index in [9.17, 15) is 23.2 Å². The summed E-state index contributed by atoms with van der Waals surface area (Å²) in [5.74, 6) is -1.19. The molecule has 3 rings (SSSR count). The molecule has 154 valence electrons. The third-order valence-electron chi connectivity index (χ3n) is 3.67. The van der Waals surface area contributed by atoms with Gasteiger partial charge in [-0.15, -0.1) is 18.3 Å². The van der Waals surface area contributed by atoms with Gasteiger partial charge in [-0.1, -0.05) is 5.10 Å². The number of benzene rings is 1. The summed E-state index contributed by atoms with van der Waals surface area (Å²) in [6.07, 6.45) is -3.65. The number of carbonyl (C=O) groups excluding carboxylic acids is 1. The molecule has 0 radical (unpaired) electrons. The molecule has 2 heterocycles. The lowest BCUT2D eigenvalue weighted by atomic mass is 9.98. The number of hydrogen-bond acceptors (Lipinski definition) is 8. The largest absolute Gasteiger partial charge is 0.573 e. The molecule has 8 nitrogen and oxygen atoms in total. The number of nitrogens with zero attached hydrogens (tertiary/aromatic N) is 4. The van der Waals surface area contributed by atoms with Crippen LogP contribution in [-0.2, 0) is 0 Å². The van der Waals surface area contributed by atoms with Gasteiger partial charge in [0.2, 0.25) is 5.13 Å². The fraction of sp³-hybridized carbons (Fsp3) is 0.167. The maximum absolute atomic E-state index is 12.8. The topological polar surface area (TPSA) is 110 Å². The van der Waals surface area contributed by atoms with Crippen LogP contribution in [0.5, 0.6) is 10.9 Å². The molecule has 0 bridgehead atoms. The number of nitriles is 1. The van der Waals surface area contributed by atoms with Crippen molar-refractivity contribution in [3.05, 3.63) is 47.3 Å². The summed E-state index contributed by atoms with van der Waals surface area (Å²) in [7, 11) is 1.40. The number of hydrogen-bond donors (Lipinski definition) is 1. The molecule has 12 heteroatoms. The van der Waals surface area contributed by atoms with Crippen molar-refractivity contribution >= 4 is 22.4 Å². The Morgan fingerprint density at radius 2 is 2.00 bits per heavy atom. The van der Waals surface area contributed by atoms with E-state index in [1.165, 1.54) is 25.4 Å². The number of nitrogens with one attached hydrogen (secondary N) is 1. The first-order valence-electron chi connectivity index (χ1n) is 8.15. The van der Waals surface area contributed by atoms with E-state index in [0.29, 0.717) is 5.69 Å². The standard InChI is InChI=1S/C18H12F3N5O3S/c1-9-3-13(11-4-10(7-22)5-12(6-11)29-18(19,20)21)14(8-23-9)15(27)24-16-25-26-17(28-2)30-16/h3-6,8H,1-2H3,(H,24,25,27). The minimum Gasteiger partial charge on any atom is -0.472 e. The van der Waals surface area contributed by atoms with Gasteiger partial charge in [0, 0.05) is 11.9 Å². The van der Waals surface area contributed by atoms with Gasteiger partial charge in [0.05, 0.1) is 24.3 Å². The number of rotatable bonds is 5. The Balaban J connectivity index is 2.03. The van der Waals surface area contributed by atoms with Crippen molar-refractivity contribution in [1.29, 1.82) is 5.26 Å². The van der Waals surface area contributed by atoms with Gasteiger partial charge < -0.3 is 9.47 Å². The van der Waals surface area contributed by atoms with E-state index in [2.05, 4.69) is 25.2 Å². The maximum atomic E-state index is 12.8.